The van der Waals surface area contributed by atoms with Crippen LogP contribution in [0, 0.1) is 0 Å². The smallest absolute Gasteiger partial charge is 0.397 e. The first-order chi connectivity index (χ1) is 7.65. The second-order valence-corrected chi connectivity index (χ2v) is 3.83. The summed E-state index contributed by atoms with van der Waals surface area (Å²) >= 11 is 0. The highest BCUT2D eigenvalue weighted by Gasteiger charge is 2.37. The third-order valence-corrected chi connectivity index (χ3v) is 2.57. The van der Waals surface area contributed by atoms with Gasteiger partial charge in [-0.3, -0.25) is 0 Å². The molecule has 6 heteroatoms. The summed E-state index contributed by atoms with van der Waals surface area (Å²) in [7, 11) is 0. The summed E-state index contributed by atoms with van der Waals surface area (Å²) in [5, 5.41) is 3.76. The predicted octanol–water partition coefficient (Wildman–Crippen LogP) is 1.27. The predicted molar refractivity (Wildman–Crippen MR) is 52.8 cm³/mol. The summed E-state index contributed by atoms with van der Waals surface area (Å²) in [5.74, 6) is -0.301. The summed E-state index contributed by atoms with van der Waals surface area (Å²) in [6.45, 7) is 4.57. The van der Waals surface area contributed by atoms with E-state index in [0.717, 1.165) is 12.8 Å². The molecule has 2 rings (SSSR count). The van der Waals surface area contributed by atoms with E-state index in [1.165, 1.54) is 0 Å². The first kappa shape index (κ1) is 11.1. The molecule has 1 atom stereocenters. The molecule has 1 fully saturated rings. The molecule has 0 spiro atoms. The Balaban J connectivity index is 2.16. The Morgan fingerprint density at radius 2 is 2.44 bits per heavy atom. The van der Waals surface area contributed by atoms with E-state index >= 15 is 0 Å². The highest BCUT2D eigenvalue weighted by Crippen LogP contribution is 2.33. The maximum Gasteiger partial charge on any atom is 0.397 e. The van der Waals surface area contributed by atoms with Crippen molar-refractivity contribution in [2.75, 3.05) is 13.2 Å². The van der Waals surface area contributed by atoms with Crippen LogP contribution in [-0.4, -0.2) is 29.3 Å². The van der Waals surface area contributed by atoms with Crippen molar-refractivity contribution in [1.29, 1.82) is 0 Å². The monoisotopic (exact) mass is 226 g/mol. The lowest BCUT2D eigenvalue weighted by Crippen LogP contribution is -2.22. The van der Waals surface area contributed by atoms with Gasteiger partial charge >= 0.3 is 11.9 Å². The molecule has 1 aromatic rings. The Morgan fingerprint density at radius 3 is 3.06 bits per heavy atom. The summed E-state index contributed by atoms with van der Waals surface area (Å²) in [6, 6.07) is 0. The molecule has 88 valence electrons. The van der Waals surface area contributed by atoms with Crippen LogP contribution >= 0.6 is 0 Å². The van der Waals surface area contributed by atoms with Crippen LogP contribution in [0.1, 0.15) is 43.2 Å². The number of esters is 1. The van der Waals surface area contributed by atoms with Crippen LogP contribution in [0.15, 0.2) is 4.52 Å². The molecule has 0 bridgehead atoms. The van der Waals surface area contributed by atoms with Gasteiger partial charge in [-0.2, -0.15) is 4.98 Å². The molecule has 16 heavy (non-hydrogen) atoms. The molecule has 1 unspecified atom stereocenters. The molecule has 2 heterocycles. The zero-order valence-corrected chi connectivity index (χ0v) is 9.36. The topological polar surface area (TPSA) is 74.5 Å². The Labute approximate surface area is 92.9 Å². The van der Waals surface area contributed by atoms with Crippen molar-refractivity contribution in [3.05, 3.63) is 11.7 Å². The first-order valence-corrected chi connectivity index (χ1v) is 5.31. The first-order valence-electron chi connectivity index (χ1n) is 5.31. The Hall–Kier alpha value is -1.43. The zero-order chi connectivity index (χ0) is 11.6. The number of carbonyl (C=O) groups excluding carboxylic acids is 1. The normalized spacial score (nSPS) is 24.6. The van der Waals surface area contributed by atoms with E-state index < -0.39 is 11.6 Å². The van der Waals surface area contributed by atoms with Gasteiger partial charge in [0, 0.05) is 6.61 Å². The molecular formula is C10H14N2O4. The van der Waals surface area contributed by atoms with Crippen molar-refractivity contribution in [3.8, 4) is 0 Å². The van der Waals surface area contributed by atoms with Gasteiger partial charge in [0.1, 0.15) is 5.60 Å². The minimum absolute atomic E-state index is 0.117. The number of nitrogens with zero attached hydrogens (tertiary/aromatic N) is 2. The molecule has 0 aromatic carbocycles. The lowest BCUT2D eigenvalue weighted by molar-refractivity contribution is 0.00766. The van der Waals surface area contributed by atoms with E-state index in [4.69, 9.17) is 14.0 Å². The van der Waals surface area contributed by atoms with Gasteiger partial charge in [-0.05, 0) is 26.7 Å². The standard InChI is InChI=1S/C10H14N2O4/c1-3-14-8(13)7-11-9(12-16-7)10(2)5-4-6-15-10/h3-6H2,1-2H3. The number of hydrogen-bond donors (Lipinski definition) is 0. The lowest BCUT2D eigenvalue weighted by atomic mass is 10.0. The number of ether oxygens (including phenoxy) is 2. The van der Waals surface area contributed by atoms with Gasteiger partial charge in [-0.25, -0.2) is 4.79 Å². The SMILES string of the molecule is CCOC(=O)c1nc(C2(C)CCCO2)no1. The average molecular weight is 226 g/mol. The van der Waals surface area contributed by atoms with E-state index in [-0.39, 0.29) is 12.5 Å². The highest BCUT2D eigenvalue weighted by molar-refractivity contribution is 5.83. The van der Waals surface area contributed by atoms with Crippen LogP contribution < -0.4 is 0 Å². The van der Waals surface area contributed by atoms with E-state index in [0.29, 0.717) is 12.4 Å². The van der Waals surface area contributed by atoms with Gasteiger partial charge < -0.3 is 14.0 Å². The van der Waals surface area contributed by atoms with Crippen LogP contribution in [0.5, 0.6) is 0 Å². The molecule has 1 saturated heterocycles. The highest BCUT2D eigenvalue weighted by atomic mass is 16.6. The summed E-state index contributed by atoms with van der Waals surface area (Å²) in [4.78, 5) is 15.3. The number of rotatable bonds is 3. The van der Waals surface area contributed by atoms with E-state index in [1.807, 2.05) is 6.92 Å². The maximum absolute atomic E-state index is 11.3. The van der Waals surface area contributed by atoms with E-state index in [9.17, 15) is 4.79 Å². The second kappa shape index (κ2) is 4.21. The second-order valence-electron chi connectivity index (χ2n) is 3.83. The Morgan fingerprint density at radius 1 is 1.62 bits per heavy atom. The van der Waals surface area contributed by atoms with Crippen molar-refractivity contribution in [2.24, 2.45) is 0 Å². The van der Waals surface area contributed by atoms with Crippen LogP contribution in [0.3, 0.4) is 0 Å². The van der Waals surface area contributed by atoms with Crippen LogP contribution in [-0.2, 0) is 15.1 Å². The minimum atomic E-state index is -0.595. The molecule has 1 aromatic heterocycles. The molecule has 0 radical (unpaired) electrons. The molecule has 1 aliphatic heterocycles. The van der Waals surface area contributed by atoms with E-state index in [1.54, 1.807) is 6.92 Å². The molecule has 1 aliphatic rings. The lowest BCUT2D eigenvalue weighted by Gasteiger charge is -2.17. The maximum atomic E-state index is 11.3. The van der Waals surface area contributed by atoms with Gasteiger partial charge in [-0.15, -0.1) is 0 Å². The zero-order valence-electron chi connectivity index (χ0n) is 9.36. The quantitative estimate of drug-likeness (QED) is 0.722. The van der Waals surface area contributed by atoms with Gasteiger partial charge in [0.05, 0.1) is 6.61 Å². The fourth-order valence-electron chi connectivity index (χ4n) is 1.67. The average Bonchev–Trinajstić information content (AvgIpc) is 2.86. The van der Waals surface area contributed by atoms with Gasteiger partial charge in [0.15, 0.2) is 0 Å². The molecule has 0 saturated carbocycles. The molecule has 6 nitrogen and oxygen atoms in total. The van der Waals surface area contributed by atoms with Crippen molar-refractivity contribution in [1.82, 2.24) is 10.1 Å². The summed E-state index contributed by atoms with van der Waals surface area (Å²) in [5.41, 5.74) is -0.533. The largest absolute Gasteiger partial charge is 0.459 e. The van der Waals surface area contributed by atoms with Gasteiger partial charge in [-0.1, -0.05) is 5.16 Å². The third kappa shape index (κ3) is 1.92. The molecule has 0 amide bonds. The molecule has 0 aliphatic carbocycles. The van der Waals surface area contributed by atoms with Crippen LogP contribution in [0.4, 0.5) is 0 Å². The fourth-order valence-corrected chi connectivity index (χ4v) is 1.67. The minimum Gasteiger partial charge on any atom is -0.459 e. The summed E-state index contributed by atoms with van der Waals surface area (Å²) in [6.07, 6.45) is 1.79. The van der Waals surface area contributed by atoms with Crippen molar-refractivity contribution in [2.45, 2.75) is 32.3 Å². The van der Waals surface area contributed by atoms with Crippen LogP contribution in [0.25, 0.3) is 0 Å². The van der Waals surface area contributed by atoms with Gasteiger partial charge in [0.2, 0.25) is 5.82 Å². The fraction of sp³-hybridized carbons (Fsp3) is 0.700. The van der Waals surface area contributed by atoms with Crippen LogP contribution in [0.2, 0.25) is 0 Å². The summed E-state index contributed by atoms with van der Waals surface area (Å²) < 4.78 is 15.1. The van der Waals surface area contributed by atoms with Crippen molar-refractivity contribution in [3.63, 3.8) is 0 Å². The third-order valence-electron chi connectivity index (χ3n) is 2.57. The number of carbonyl (C=O) groups is 1. The Bertz CT molecular complexity index is 382. The van der Waals surface area contributed by atoms with Crippen molar-refractivity contribution >= 4 is 5.97 Å². The molecule has 0 N–H and O–H groups in total. The Kier molecular flexibility index (Phi) is 2.91. The number of aromatic nitrogens is 2. The van der Waals surface area contributed by atoms with E-state index in [2.05, 4.69) is 10.1 Å². The van der Waals surface area contributed by atoms with Crippen molar-refractivity contribution < 1.29 is 18.8 Å². The number of hydrogen-bond acceptors (Lipinski definition) is 6. The van der Waals surface area contributed by atoms with Gasteiger partial charge in [0.25, 0.3) is 0 Å². The molecular weight excluding hydrogens is 212 g/mol.